The Morgan fingerprint density at radius 1 is 0.967 bits per heavy atom. The molecule has 1 amide bonds. The molecule has 3 aromatic rings. The van der Waals surface area contributed by atoms with Crippen LogP contribution in [-0.4, -0.2) is 29.9 Å². The van der Waals surface area contributed by atoms with Gasteiger partial charge in [-0.25, -0.2) is 4.99 Å². The van der Waals surface area contributed by atoms with E-state index in [2.05, 4.69) is 10.6 Å². The maximum Gasteiger partial charge on any atom is 0.272 e. The second-order valence-corrected chi connectivity index (χ2v) is 7.48. The highest BCUT2D eigenvalue weighted by molar-refractivity contribution is 7.80. The Bertz CT molecular complexity index is 1130. The molecule has 2 N–H and O–H groups in total. The summed E-state index contributed by atoms with van der Waals surface area (Å²) in [6, 6.07) is 25.5. The van der Waals surface area contributed by atoms with Crippen LogP contribution in [0.5, 0.6) is 0 Å². The lowest BCUT2D eigenvalue weighted by molar-refractivity contribution is -0.119. The van der Waals surface area contributed by atoms with E-state index < -0.39 is 6.17 Å². The van der Waals surface area contributed by atoms with Crippen molar-refractivity contribution in [3.05, 3.63) is 95.6 Å². The van der Waals surface area contributed by atoms with E-state index in [1.54, 1.807) is 11.9 Å². The number of fused-ring (bicyclic) bond motifs is 1. The Morgan fingerprint density at radius 2 is 1.63 bits per heavy atom. The zero-order chi connectivity index (χ0) is 21.1. The number of aryl methyl sites for hydroxylation is 1. The van der Waals surface area contributed by atoms with Gasteiger partial charge in [-0.1, -0.05) is 66.7 Å². The first-order chi connectivity index (χ1) is 14.5. The molecule has 0 saturated carbocycles. The van der Waals surface area contributed by atoms with Crippen LogP contribution < -0.4 is 15.5 Å². The van der Waals surface area contributed by atoms with E-state index in [0.717, 1.165) is 33.8 Å². The second kappa shape index (κ2) is 8.47. The van der Waals surface area contributed by atoms with E-state index in [1.807, 2.05) is 85.8 Å². The van der Waals surface area contributed by atoms with Gasteiger partial charge in [-0.2, -0.15) is 0 Å². The van der Waals surface area contributed by atoms with Gasteiger partial charge in [-0.05, 0) is 36.8 Å². The molecule has 0 unspecified atom stereocenters. The van der Waals surface area contributed by atoms with Crippen LogP contribution in [0.25, 0.3) is 0 Å². The summed E-state index contributed by atoms with van der Waals surface area (Å²) >= 11 is 5.49. The highest BCUT2D eigenvalue weighted by Crippen LogP contribution is 2.27. The predicted molar refractivity (Wildman–Crippen MR) is 126 cm³/mol. The Hall–Kier alpha value is -3.51. The molecule has 1 atom stereocenters. The third-order valence-electron chi connectivity index (χ3n) is 5.05. The number of benzodiazepines with no additional fused rings is 1. The van der Waals surface area contributed by atoms with Gasteiger partial charge in [0.15, 0.2) is 5.11 Å². The van der Waals surface area contributed by atoms with Crippen LogP contribution in [-0.2, 0) is 4.79 Å². The number of likely N-dealkylation sites (N-methyl/N-ethyl adjacent to an activating group) is 1. The third kappa shape index (κ3) is 3.95. The van der Waals surface area contributed by atoms with Crippen molar-refractivity contribution in [1.29, 1.82) is 0 Å². The molecular weight excluding hydrogens is 392 g/mol. The van der Waals surface area contributed by atoms with E-state index in [-0.39, 0.29) is 5.91 Å². The summed E-state index contributed by atoms with van der Waals surface area (Å²) in [6.45, 7) is 2.00. The van der Waals surface area contributed by atoms with Gasteiger partial charge in [0.2, 0.25) is 6.17 Å². The van der Waals surface area contributed by atoms with Crippen molar-refractivity contribution in [2.24, 2.45) is 4.99 Å². The number of nitrogens with one attached hydrogen (secondary N) is 2. The zero-order valence-corrected chi connectivity index (χ0v) is 17.6. The van der Waals surface area contributed by atoms with Crippen molar-refractivity contribution in [3.63, 3.8) is 0 Å². The average Bonchev–Trinajstić information content (AvgIpc) is 2.87. The molecule has 0 saturated heterocycles. The van der Waals surface area contributed by atoms with Gasteiger partial charge < -0.3 is 15.5 Å². The number of nitrogens with zero attached hydrogens (tertiary/aromatic N) is 2. The van der Waals surface area contributed by atoms with Crippen LogP contribution in [0.15, 0.2) is 83.9 Å². The summed E-state index contributed by atoms with van der Waals surface area (Å²) in [6.07, 6.45) is -0.846. The lowest BCUT2D eigenvalue weighted by Crippen LogP contribution is -2.47. The van der Waals surface area contributed by atoms with E-state index >= 15 is 0 Å². The van der Waals surface area contributed by atoms with Crippen molar-refractivity contribution >= 4 is 40.3 Å². The van der Waals surface area contributed by atoms with Crippen LogP contribution in [0, 0.1) is 6.92 Å². The zero-order valence-electron chi connectivity index (χ0n) is 16.8. The Labute approximate surface area is 181 Å². The molecule has 0 spiro atoms. The van der Waals surface area contributed by atoms with Gasteiger partial charge in [-0.15, -0.1) is 0 Å². The van der Waals surface area contributed by atoms with Crippen molar-refractivity contribution < 1.29 is 4.79 Å². The molecule has 0 fully saturated rings. The first-order valence-electron chi connectivity index (χ1n) is 9.68. The number of amides is 1. The fourth-order valence-corrected chi connectivity index (χ4v) is 3.66. The summed E-state index contributed by atoms with van der Waals surface area (Å²) in [5.74, 6) is -0.178. The maximum absolute atomic E-state index is 13.2. The number of para-hydroxylation sites is 2. The number of thiocarbonyl (C=S) groups is 1. The molecule has 4 rings (SSSR count). The fraction of sp³-hybridized carbons (Fsp3) is 0.125. The van der Waals surface area contributed by atoms with E-state index in [0.29, 0.717) is 5.11 Å². The van der Waals surface area contributed by atoms with Crippen LogP contribution in [0.1, 0.15) is 16.7 Å². The van der Waals surface area contributed by atoms with E-state index in [1.165, 1.54) is 0 Å². The SMILES string of the molecule is Cc1ccccc1NC(=S)N[C@@H]1N=C(c2ccccc2)c2ccccc2N(C)C1=O. The van der Waals surface area contributed by atoms with E-state index in [9.17, 15) is 4.79 Å². The Balaban J connectivity index is 1.70. The minimum absolute atomic E-state index is 0.178. The summed E-state index contributed by atoms with van der Waals surface area (Å²) in [5, 5.41) is 6.61. The minimum Gasteiger partial charge on any atom is -0.333 e. The second-order valence-electron chi connectivity index (χ2n) is 7.07. The van der Waals surface area contributed by atoms with Crippen molar-refractivity contribution in [2.45, 2.75) is 13.1 Å². The van der Waals surface area contributed by atoms with Gasteiger partial charge in [0.05, 0.1) is 11.4 Å². The fourth-order valence-electron chi connectivity index (χ4n) is 3.44. The highest BCUT2D eigenvalue weighted by Gasteiger charge is 2.30. The van der Waals surface area contributed by atoms with Crippen LogP contribution in [0.3, 0.4) is 0 Å². The van der Waals surface area contributed by atoms with Gasteiger partial charge >= 0.3 is 0 Å². The molecule has 0 radical (unpaired) electrons. The molecular formula is C24H22N4OS. The van der Waals surface area contributed by atoms with Crippen molar-refractivity contribution in [2.75, 3.05) is 17.3 Å². The van der Waals surface area contributed by atoms with Gasteiger partial charge in [0.1, 0.15) is 0 Å². The van der Waals surface area contributed by atoms with Gasteiger partial charge in [0.25, 0.3) is 5.91 Å². The number of hydrogen-bond acceptors (Lipinski definition) is 3. The summed E-state index contributed by atoms with van der Waals surface area (Å²) in [5.41, 5.74) is 5.36. The van der Waals surface area contributed by atoms with Gasteiger partial charge in [-0.3, -0.25) is 4.79 Å². The van der Waals surface area contributed by atoms with Crippen molar-refractivity contribution in [3.8, 4) is 0 Å². The minimum atomic E-state index is -0.846. The quantitative estimate of drug-likeness (QED) is 0.633. The molecule has 3 aromatic carbocycles. The highest BCUT2D eigenvalue weighted by atomic mass is 32.1. The Morgan fingerprint density at radius 3 is 2.40 bits per heavy atom. The summed E-state index contributed by atoms with van der Waals surface area (Å²) in [4.78, 5) is 19.6. The normalized spacial score (nSPS) is 15.7. The Kier molecular flexibility index (Phi) is 5.59. The summed E-state index contributed by atoms with van der Waals surface area (Å²) in [7, 11) is 1.76. The molecule has 0 bridgehead atoms. The number of aliphatic imine (C=N–C) groups is 1. The average molecular weight is 415 g/mol. The molecule has 30 heavy (non-hydrogen) atoms. The smallest absolute Gasteiger partial charge is 0.272 e. The molecule has 0 aromatic heterocycles. The maximum atomic E-state index is 13.2. The van der Waals surface area contributed by atoms with Crippen LogP contribution >= 0.6 is 12.2 Å². The molecule has 1 aliphatic heterocycles. The number of rotatable bonds is 3. The molecule has 5 nitrogen and oxygen atoms in total. The topological polar surface area (TPSA) is 56.7 Å². The van der Waals surface area contributed by atoms with Gasteiger partial charge in [0, 0.05) is 23.9 Å². The number of anilines is 2. The lowest BCUT2D eigenvalue weighted by atomic mass is 10.0. The molecule has 0 aliphatic carbocycles. The standard InChI is InChI=1S/C24H22N4OS/c1-16-10-6-8-14-19(16)25-24(30)27-22-23(29)28(2)20-15-9-7-13-18(20)21(26-22)17-11-4-3-5-12-17/h3-15,22H,1-2H3,(H2,25,27,30)/t22-/m0/s1. The predicted octanol–water partition coefficient (Wildman–Crippen LogP) is 4.12. The monoisotopic (exact) mass is 414 g/mol. The first-order valence-corrected chi connectivity index (χ1v) is 10.1. The van der Waals surface area contributed by atoms with E-state index in [4.69, 9.17) is 17.2 Å². The number of carbonyl (C=O) groups excluding carboxylic acids is 1. The molecule has 6 heteroatoms. The molecule has 150 valence electrons. The lowest BCUT2D eigenvalue weighted by Gasteiger charge is -2.22. The number of carbonyl (C=O) groups is 1. The molecule has 1 heterocycles. The number of hydrogen-bond donors (Lipinski definition) is 2. The van der Waals surface area contributed by atoms with Crippen LogP contribution in [0.2, 0.25) is 0 Å². The molecule has 1 aliphatic rings. The van der Waals surface area contributed by atoms with Crippen LogP contribution in [0.4, 0.5) is 11.4 Å². The largest absolute Gasteiger partial charge is 0.333 e. The number of benzene rings is 3. The first kappa shape index (κ1) is 19.8. The summed E-state index contributed by atoms with van der Waals surface area (Å²) < 4.78 is 0. The van der Waals surface area contributed by atoms with Crippen molar-refractivity contribution in [1.82, 2.24) is 5.32 Å². The third-order valence-corrected chi connectivity index (χ3v) is 5.27.